The van der Waals surface area contributed by atoms with Crippen molar-refractivity contribution in [3.63, 3.8) is 0 Å². The molecule has 0 fully saturated rings. The minimum absolute atomic E-state index is 0.275. The summed E-state index contributed by atoms with van der Waals surface area (Å²) in [5.41, 5.74) is 3.66. The Hall–Kier alpha value is -3.40. The second kappa shape index (κ2) is 8.32. The number of allylic oxidation sites excluding steroid dienone is 1. The van der Waals surface area contributed by atoms with Crippen molar-refractivity contribution in [2.24, 2.45) is 0 Å². The van der Waals surface area contributed by atoms with Crippen molar-refractivity contribution in [2.75, 3.05) is 20.3 Å². The van der Waals surface area contributed by atoms with Gasteiger partial charge in [-0.1, -0.05) is 0 Å². The summed E-state index contributed by atoms with van der Waals surface area (Å²) in [6.07, 6.45) is 4.07. The standard InChI is InChI=1S/C20H19N3O4/c1-4-26-19(24)8-5-14-10-21-13(2)23-20(14)27-12-15-9-17(15)18-7-6-16(25-3)11-22-18/h6-7,10-11H,4,9,12H2,1-3H3. The topological polar surface area (TPSA) is 83.4 Å². The van der Waals surface area contributed by atoms with Crippen molar-refractivity contribution in [3.05, 3.63) is 47.2 Å². The first-order valence-electron chi connectivity index (χ1n) is 8.47. The molecule has 2 heterocycles. The van der Waals surface area contributed by atoms with E-state index in [0.717, 1.165) is 29.0 Å². The Morgan fingerprint density at radius 2 is 2.11 bits per heavy atom. The number of methoxy groups -OCH3 is 1. The molecule has 0 amide bonds. The minimum Gasteiger partial charge on any atom is -0.495 e. The number of pyridine rings is 1. The van der Waals surface area contributed by atoms with Crippen LogP contribution in [0.1, 0.15) is 30.4 Å². The van der Waals surface area contributed by atoms with Gasteiger partial charge in [-0.2, -0.15) is 4.98 Å². The monoisotopic (exact) mass is 365 g/mol. The van der Waals surface area contributed by atoms with Crippen LogP contribution in [-0.2, 0) is 9.53 Å². The number of hydrogen-bond donors (Lipinski definition) is 0. The van der Waals surface area contributed by atoms with E-state index in [-0.39, 0.29) is 6.61 Å². The molecule has 7 heteroatoms. The van der Waals surface area contributed by atoms with Crippen LogP contribution < -0.4 is 9.47 Å². The number of hydrogen-bond acceptors (Lipinski definition) is 7. The fourth-order valence-corrected chi connectivity index (χ4v) is 2.34. The highest BCUT2D eigenvalue weighted by Crippen LogP contribution is 2.39. The summed E-state index contributed by atoms with van der Waals surface area (Å²) in [6.45, 7) is 4.14. The number of carbonyl (C=O) groups is 1. The minimum atomic E-state index is -0.596. The van der Waals surface area contributed by atoms with Gasteiger partial charge in [0.2, 0.25) is 5.88 Å². The summed E-state index contributed by atoms with van der Waals surface area (Å²) < 4.78 is 15.7. The second-order valence-electron chi connectivity index (χ2n) is 5.74. The number of ether oxygens (including phenoxy) is 3. The first-order chi connectivity index (χ1) is 13.1. The molecule has 0 N–H and O–H groups in total. The molecule has 2 aromatic heterocycles. The van der Waals surface area contributed by atoms with Gasteiger partial charge in [-0.05, 0) is 49.5 Å². The maximum atomic E-state index is 11.4. The molecule has 27 heavy (non-hydrogen) atoms. The highest BCUT2D eigenvalue weighted by molar-refractivity contribution is 5.89. The maximum absolute atomic E-state index is 11.4. The molecular formula is C20H19N3O4. The molecule has 0 unspecified atom stereocenters. The van der Waals surface area contributed by atoms with Gasteiger partial charge in [0.25, 0.3) is 0 Å². The van der Waals surface area contributed by atoms with Crippen LogP contribution in [0.3, 0.4) is 0 Å². The number of aryl methyl sites for hydroxylation is 1. The molecule has 1 aliphatic carbocycles. The van der Waals surface area contributed by atoms with Gasteiger partial charge >= 0.3 is 5.97 Å². The van der Waals surface area contributed by atoms with Gasteiger partial charge in [0.15, 0.2) is 0 Å². The highest BCUT2D eigenvalue weighted by Gasteiger charge is 2.25. The van der Waals surface area contributed by atoms with Gasteiger partial charge in [0.05, 0.1) is 31.8 Å². The van der Waals surface area contributed by atoms with E-state index < -0.39 is 5.97 Å². The Kier molecular flexibility index (Phi) is 5.67. The molecule has 2 aromatic rings. The maximum Gasteiger partial charge on any atom is 0.384 e. The molecule has 0 saturated heterocycles. The van der Waals surface area contributed by atoms with Crippen molar-refractivity contribution in [2.45, 2.75) is 20.3 Å². The van der Waals surface area contributed by atoms with Gasteiger partial charge in [-0.3, -0.25) is 4.98 Å². The van der Waals surface area contributed by atoms with Crippen LogP contribution in [0.4, 0.5) is 0 Å². The fraction of sp³-hybridized carbons (Fsp3) is 0.300. The zero-order valence-electron chi connectivity index (χ0n) is 15.4. The van der Waals surface area contributed by atoms with Crippen molar-refractivity contribution in [1.82, 2.24) is 15.0 Å². The summed E-state index contributed by atoms with van der Waals surface area (Å²) in [5.74, 6) is 6.15. The summed E-state index contributed by atoms with van der Waals surface area (Å²) in [4.78, 5) is 24.2. The third-order valence-electron chi connectivity index (χ3n) is 3.81. The molecule has 0 saturated carbocycles. The first kappa shape index (κ1) is 18.4. The Labute approximate surface area is 157 Å². The predicted octanol–water partition coefficient (Wildman–Crippen LogP) is 2.34. The third-order valence-corrected chi connectivity index (χ3v) is 3.81. The number of rotatable bonds is 6. The van der Waals surface area contributed by atoms with Gasteiger partial charge in [-0.25, -0.2) is 9.78 Å². The van der Waals surface area contributed by atoms with Crippen molar-refractivity contribution in [1.29, 1.82) is 0 Å². The van der Waals surface area contributed by atoms with E-state index in [1.54, 1.807) is 27.2 Å². The molecule has 7 nitrogen and oxygen atoms in total. The zero-order valence-corrected chi connectivity index (χ0v) is 15.4. The Bertz CT molecular complexity index is 940. The molecule has 0 bridgehead atoms. The van der Waals surface area contributed by atoms with Crippen LogP contribution in [0.15, 0.2) is 30.1 Å². The van der Waals surface area contributed by atoms with Gasteiger partial charge in [0, 0.05) is 5.92 Å². The quantitative estimate of drug-likeness (QED) is 0.574. The molecule has 0 aliphatic heterocycles. The van der Waals surface area contributed by atoms with E-state index >= 15 is 0 Å². The predicted molar refractivity (Wildman–Crippen MR) is 98.1 cm³/mol. The molecule has 0 atom stereocenters. The Morgan fingerprint density at radius 1 is 1.26 bits per heavy atom. The number of esters is 1. The average molecular weight is 365 g/mol. The van der Waals surface area contributed by atoms with Crippen molar-refractivity contribution in [3.8, 4) is 23.5 Å². The van der Waals surface area contributed by atoms with Gasteiger partial charge in [-0.15, -0.1) is 0 Å². The number of carbonyl (C=O) groups excluding carboxylic acids is 1. The SMILES string of the molecule is CCOC(=O)C#Cc1cnc(C)nc1OCC1=C(c2ccc(OC)cn2)C1. The van der Waals surface area contributed by atoms with Crippen LogP contribution in [0.25, 0.3) is 5.57 Å². The summed E-state index contributed by atoms with van der Waals surface area (Å²) in [7, 11) is 1.61. The zero-order chi connectivity index (χ0) is 19.2. The van der Waals surface area contributed by atoms with Crippen LogP contribution in [0, 0.1) is 18.8 Å². The Balaban J connectivity index is 1.70. The first-order valence-corrected chi connectivity index (χ1v) is 8.47. The normalized spacial score (nSPS) is 12.1. The summed E-state index contributed by atoms with van der Waals surface area (Å²) in [5, 5.41) is 0. The molecule has 3 rings (SSSR count). The number of aromatic nitrogens is 3. The lowest BCUT2D eigenvalue weighted by Gasteiger charge is -2.05. The molecule has 138 valence electrons. The van der Waals surface area contributed by atoms with Crippen LogP contribution in [0.5, 0.6) is 11.6 Å². The average Bonchev–Trinajstić information content (AvgIpc) is 3.45. The van der Waals surface area contributed by atoms with Crippen molar-refractivity contribution >= 4 is 11.5 Å². The summed E-state index contributed by atoms with van der Waals surface area (Å²) in [6, 6.07) is 3.80. The third kappa shape index (κ3) is 4.82. The van der Waals surface area contributed by atoms with E-state index in [4.69, 9.17) is 14.2 Å². The van der Waals surface area contributed by atoms with Gasteiger partial charge < -0.3 is 14.2 Å². The lowest BCUT2D eigenvalue weighted by molar-refractivity contribution is -0.136. The molecule has 0 radical (unpaired) electrons. The second-order valence-corrected chi connectivity index (χ2v) is 5.74. The summed E-state index contributed by atoms with van der Waals surface area (Å²) >= 11 is 0. The fourth-order valence-electron chi connectivity index (χ4n) is 2.34. The largest absolute Gasteiger partial charge is 0.495 e. The Morgan fingerprint density at radius 3 is 2.81 bits per heavy atom. The number of nitrogens with zero attached hydrogens (tertiary/aromatic N) is 3. The molecular weight excluding hydrogens is 346 g/mol. The van der Waals surface area contributed by atoms with Crippen LogP contribution in [0.2, 0.25) is 0 Å². The van der Waals surface area contributed by atoms with E-state index in [2.05, 4.69) is 26.8 Å². The lowest BCUT2D eigenvalue weighted by atomic mass is 10.3. The smallest absolute Gasteiger partial charge is 0.384 e. The molecule has 1 aliphatic rings. The van der Waals surface area contributed by atoms with E-state index in [1.165, 1.54) is 6.20 Å². The van der Waals surface area contributed by atoms with E-state index in [1.807, 2.05) is 12.1 Å². The van der Waals surface area contributed by atoms with E-state index in [9.17, 15) is 4.79 Å². The van der Waals surface area contributed by atoms with Crippen molar-refractivity contribution < 1.29 is 19.0 Å². The van der Waals surface area contributed by atoms with Gasteiger partial charge in [0.1, 0.15) is 23.7 Å². The highest BCUT2D eigenvalue weighted by atomic mass is 16.5. The van der Waals surface area contributed by atoms with Crippen LogP contribution in [-0.4, -0.2) is 41.2 Å². The lowest BCUT2D eigenvalue weighted by Crippen LogP contribution is -2.03. The molecule has 0 spiro atoms. The van der Waals surface area contributed by atoms with Crippen LogP contribution >= 0.6 is 0 Å². The van der Waals surface area contributed by atoms with E-state index in [0.29, 0.717) is 23.9 Å². The molecule has 0 aromatic carbocycles.